The zero-order valence-electron chi connectivity index (χ0n) is 6.16. The molecule has 0 radical (unpaired) electrons. The minimum absolute atomic E-state index is 0. The quantitative estimate of drug-likeness (QED) is 0.619. The molecule has 3 nitrogen and oxygen atoms in total. The molecule has 0 bridgehead atoms. The van der Waals surface area contributed by atoms with Gasteiger partial charge in [0.05, 0.1) is 0 Å². The summed E-state index contributed by atoms with van der Waals surface area (Å²) in [7, 11) is -3.65. The van der Waals surface area contributed by atoms with Gasteiger partial charge in [0.2, 0.25) is 0 Å². The van der Waals surface area contributed by atoms with Gasteiger partial charge in [0, 0.05) is 6.16 Å². The average molecular weight is 186 g/mol. The van der Waals surface area contributed by atoms with Crippen LogP contribution in [0.3, 0.4) is 0 Å². The highest BCUT2D eigenvalue weighted by molar-refractivity contribution is 7.51. The van der Waals surface area contributed by atoms with Crippen LogP contribution >= 0.6 is 7.60 Å². The molecule has 0 amide bonds. The van der Waals surface area contributed by atoms with Crippen molar-refractivity contribution in [2.24, 2.45) is 0 Å². The summed E-state index contributed by atoms with van der Waals surface area (Å²) >= 11 is 0. The third kappa shape index (κ3) is 67.9. The maximum absolute atomic E-state index is 9.69. The summed E-state index contributed by atoms with van der Waals surface area (Å²) in [5.41, 5.74) is 0. The molecule has 0 spiro atoms. The van der Waals surface area contributed by atoms with E-state index in [2.05, 4.69) is 13.8 Å². The largest absolute Gasteiger partial charge is 0.325 e. The van der Waals surface area contributed by atoms with Crippen molar-refractivity contribution in [3.63, 3.8) is 0 Å². The second-order valence-corrected chi connectivity index (χ2v) is 3.65. The first kappa shape index (κ1) is 22.5. The predicted molar refractivity (Wildman–Crippen MR) is 52.0 cm³/mol. The van der Waals surface area contributed by atoms with Crippen molar-refractivity contribution in [2.45, 2.75) is 42.0 Å². The summed E-state index contributed by atoms with van der Waals surface area (Å²) in [6.45, 7) is 5.70. The second kappa shape index (κ2) is 12.8. The zero-order chi connectivity index (χ0) is 7.91. The van der Waals surface area contributed by atoms with Gasteiger partial charge >= 0.3 is 7.60 Å². The molecule has 2 N–H and O–H groups in total. The molecule has 0 rings (SSSR count). The zero-order valence-corrected chi connectivity index (χ0v) is 7.06. The van der Waals surface area contributed by atoms with E-state index >= 15 is 0 Å². The lowest BCUT2D eigenvalue weighted by Gasteiger charge is -1.92. The van der Waals surface area contributed by atoms with Crippen LogP contribution in [0, 0.1) is 0 Å². The first-order valence-electron chi connectivity index (χ1n) is 3.02. The third-order valence-electron chi connectivity index (χ3n) is 0.412. The van der Waals surface area contributed by atoms with E-state index in [0.29, 0.717) is 0 Å². The van der Waals surface area contributed by atoms with Crippen LogP contribution < -0.4 is 0 Å². The standard InChI is InChI=1S/C3H8.C2H7O3P.2CH4/c1-3-2;1-2-6(3,4)5;;/h3H2,1-2H3;2H2,1H3,(H2,3,4,5);2*1H4. The maximum Gasteiger partial charge on any atom is 0.325 e. The van der Waals surface area contributed by atoms with Crippen molar-refractivity contribution in [3.8, 4) is 0 Å². The van der Waals surface area contributed by atoms with E-state index in [9.17, 15) is 4.57 Å². The molecule has 0 aliphatic rings. The van der Waals surface area contributed by atoms with E-state index in [4.69, 9.17) is 9.79 Å². The van der Waals surface area contributed by atoms with Gasteiger partial charge in [0.15, 0.2) is 0 Å². The number of hydrogen-bond acceptors (Lipinski definition) is 1. The van der Waals surface area contributed by atoms with E-state index in [1.807, 2.05) is 0 Å². The Labute approximate surface area is 71.0 Å². The molecule has 0 aliphatic carbocycles. The first-order valence-corrected chi connectivity index (χ1v) is 4.82. The molecule has 0 heterocycles. The normalized spacial score (nSPS) is 8.09. The van der Waals surface area contributed by atoms with Crippen molar-refractivity contribution < 1.29 is 14.4 Å². The summed E-state index contributed by atoms with van der Waals surface area (Å²) in [5.74, 6) is 0. The molecule has 0 atom stereocenters. The highest BCUT2D eigenvalue weighted by atomic mass is 31.2. The van der Waals surface area contributed by atoms with Gasteiger partial charge in [-0.25, -0.2) is 0 Å². The molecule has 0 unspecified atom stereocenters. The molecule has 11 heavy (non-hydrogen) atoms. The Morgan fingerprint density at radius 1 is 1.09 bits per heavy atom. The molecule has 4 heteroatoms. The maximum atomic E-state index is 9.69. The molecule has 0 aromatic carbocycles. The van der Waals surface area contributed by atoms with Crippen LogP contribution in [0.5, 0.6) is 0 Å². The molecule has 0 saturated heterocycles. The van der Waals surface area contributed by atoms with Crippen molar-refractivity contribution >= 4 is 7.60 Å². The van der Waals surface area contributed by atoms with Crippen LogP contribution in [0.1, 0.15) is 42.0 Å². The monoisotopic (exact) mass is 186 g/mol. The van der Waals surface area contributed by atoms with E-state index in [1.165, 1.54) is 13.3 Å². The highest BCUT2D eigenvalue weighted by Crippen LogP contribution is 2.32. The Morgan fingerprint density at radius 3 is 1.18 bits per heavy atom. The second-order valence-electron chi connectivity index (χ2n) is 1.69. The minimum Gasteiger partial charge on any atom is -0.324 e. The fourth-order valence-corrected chi connectivity index (χ4v) is 0. The molecular formula is C7H23O3P. The summed E-state index contributed by atoms with van der Waals surface area (Å²) in [6.07, 6.45) is 1.19. The fraction of sp³-hybridized carbons (Fsp3) is 1.00. The molecular weight excluding hydrogens is 163 g/mol. The summed E-state index contributed by atoms with van der Waals surface area (Å²) < 4.78 is 9.69. The minimum atomic E-state index is -3.65. The van der Waals surface area contributed by atoms with Crippen LogP contribution in [0.15, 0.2) is 0 Å². The highest BCUT2D eigenvalue weighted by Gasteiger charge is 2.05. The Hall–Kier alpha value is 0.150. The van der Waals surface area contributed by atoms with Gasteiger partial charge in [0.1, 0.15) is 0 Å². The lowest BCUT2D eigenvalue weighted by Crippen LogP contribution is -1.76. The summed E-state index contributed by atoms with van der Waals surface area (Å²) in [5, 5.41) is 0. The number of rotatable bonds is 1. The van der Waals surface area contributed by atoms with Crippen molar-refractivity contribution in [3.05, 3.63) is 0 Å². The molecule has 74 valence electrons. The topological polar surface area (TPSA) is 57.5 Å². The van der Waals surface area contributed by atoms with Crippen molar-refractivity contribution in [2.75, 3.05) is 6.16 Å². The van der Waals surface area contributed by atoms with Gasteiger partial charge in [-0.2, -0.15) is 0 Å². The Balaban J connectivity index is -0.0000000437. The smallest absolute Gasteiger partial charge is 0.324 e. The molecule has 0 aromatic rings. The van der Waals surface area contributed by atoms with Crippen molar-refractivity contribution in [1.29, 1.82) is 0 Å². The third-order valence-corrected chi connectivity index (χ3v) is 1.24. The summed E-state index contributed by atoms with van der Waals surface area (Å²) in [6, 6.07) is 0. The summed E-state index contributed by atoms with van der Waals surface area (Å²) in [4.78, 5) is 15.9. The molecule has 0 aromatic heterocycles. The van der Waals surface area contributed by atoms with Crippen LogP contribution in [0.25, 0.3) is 0 Å². The Kier molecular flexibility index (Phi) is 26.1. The lowest BCUT2D eigenvalue weighted by molar-refractivity contribution is 0.375. The van der Waals surface area contributed by atoms with Crippen LogP contribution in [-0.2, 0) is 4.57 Å². The van der Waals surface area contributed by atoms with E-state index in [0.717, 1.165) is 0 Å². The van der Waals surface area contributed by atoms with Gasteiger partial charge in [-0.3, -0.25) is 4.57 Å². The first-order chi connectivity index (χ1) is 3.97. The Bertz CT molecular complexity index is 87.7. The van der Waals surface area contributed by atoms with Gasteiger partial charge in [-0.05, 0) is 0 Å². The van der Waals surface area contributed by atoms with Crippen LogP contribution in [0.4, 0.5) is 0 Å². The predicted octanol–water partition coefficient (Wildman–Crippen LogP) is 2.87. The SMILES string of the molecule is C.C.CCC.CCP(=O)(O)O. The van der Waals surface area contributed by atoms with Crippen LogP contribution in [-0.4, -0.2) is 15.9 Å². The van der Waals surface area contributed by atoms with Gasteiger partial charge in [0.25, 0.3) is 0 Å². The Morgan fingerprint density at radius 2 is 1.18 bits per heavy atom. The fourth-order valence-electron chi connectivity index (χ4n) is 0. The van der Waals surface area contributed by atoms with Gasteiger partial charge in [-0.1, -0.05) is 42.0 Å². The van der Waals surface area contributed by atoms with Gasteiger partial charge in [-0.15, -0.1) is 0 Å². The molecule has 0 saturated carbocycles. The molecule has 0 aliphatic heterocycles. The van der Waals surface area contributed by atoms with Gasteiger partial charge < -0.3 is 9.79 Å². The molecule has 0 fully saturated rings. The lowest BCUT2D eigenvalue weighted by atomic mass is 10.6. The van der Waals surface area contributed by atoms with Crippen molar-refractivity contribution in [1.82, 2.24) is 0 Å². The van der Waals surface area contributed by atoms with E-state index < -0.39 is 7.60 Å². The van der Waals surface area contributed by atoms with Crippen LogP contribution in [0.2, 0.25) is 0 Å². The van der Waals surface area contributed by atoms with E-state index in [1.54, 1.807) is 0 Å². The van der Waals surface area contributed by atoms with E-state index in [-0.39, 0.29) is 21.0 Å². The average Bonchev–Trinajstić information content (AvgIpc) is 1.67. The number of hydrogen-bond donors (Lipinski definition) is 2.